The molecule has 0 radical (unpaired) electrons. The summed E-state index contributed by atoms with van der Waals surface area (Å²) in [7, 11) is 0. The standard InChI is InChI=1S/C20H22N4O3/c25-18(13-22-17-7-4-8-21-12-17)23-9-10-24-19(26)27-15-20(24,14-23)11-16-5-2-1-3-6-16/h1-8,12,22H,9-11,13-15H2. The highest BCUT2D eigenvalue weighted by molar-refractivity contribution is 5.81. The molecular formula is C20H22N4O3. The van der Waals surface area contributed by atoms with Crippen LogP contribution in [0.3, 0.4) is 0 Å². The highest BCUT2D eigenvalue weighted by Crippen LogP contribution is 2.32. The number of fused-ring (bicyclic) bond motifs is 1. The number of anilines is 1. The minimum Gasteiger partial charge on any atom is -0.447 e. The molecule has 1 N–H and O–H groups in total. The molecular weight excluding hydrogens is 344 g/mol. The van der Waals surface area contributed by atoms with Gasteiger partial charge in [-0.15, -0.1) is 0 Å². The zero-order chi connectivity index (χ0) is 18.7. The van der Waals surface area contributed by atoms with Gasteiger partial charge in [-0.2, -0.15) is 0 Å². The van der Waals surface area contributed by atoms with Crippen LogP contribution in [-0.2, 0) is 16.0 Å². The van der Waals surface area contributed by atoms with E-state index in [1.807, 2.05) is 47.4 Å². The maximum atomic E-state index is 12.7. The second-order valence-electron chi connectivity index (χ2n) is 7.00. The van der Waals surface area contributed by atoms with E-state index in [2.05, 4.69) is 10.3 Å². The molecule has 1 aromatic carbocycles. The number of piperazine rings is 1. The molecule has 7 heteroatoms. The average Bonchev–Trinajstić information content (AvgIpc) is 3.03. The molecule has 2 amide bonds. The fourth-order valence-electron chi connectivity index (χ4n) is 3.81. The monoisotopic (exact) mass is 366 g/mol. The Morgan fingerprint density at radius 2 is 2.04 bits per heavy atom. The van der Waals surface area contributed by atoms with Gasteiger partial charge in [0.2, 0.25) is 5.91 Å². The molecule has 7 nitrogen and oxygen atoms in total. The normalized spacial score (nSPS) is 21.6. The summed E-state index contributed by atoms with van der Waals surface area (Å²) in [5, 5.41) is 3.11. The van der Waals surface area contributed by atoms with Crippen LogP contribution < -0.4 is 5.32 Å². The number of nitrogens with one attached hydrogen (secondary N) is 1. The lowest BCUT2D eigenvalue weighted by Gasteiger charge is -2.44. The number of hydrogen-bond acceptors (Lipinski definition) is 5. The van der Waals surface area contributed by atoms with Crippen molar-refractivity contribution in [2.75, 3.05) is 38.1 Å². The van der Waals surface area contributed by atoms with Crippen molar-refractivity contribution < 1.29 is 14.3 Å². The molecule has 1 unspecified atom stereocenters. The second-order valence-corrected chi connectivity index (χ2v) is 7.00. The van der Waals surface area contributed by atoms with Gasteiger partial charge in [0.05, 0.1) is 12.2 Å². The van der Waals surface area contributed by atoms with Crippen molar-refractivity contribution in [2.45, 2.75) is 12.0 Å². The number of cyclic esters (lactones) is 1. The highest BCUT2D eigenvalue weighted by Gasteiger charge is 2.51. The molecule has 3 heterocycles. The van der Waals surface area contributed by atoms with Crippen molar-refractivity contribution in [3.63, 3.8) is 0 Å². The number of benzene rings is 1. The maximum absolute atomic E-state index is 12.7. The van der Waals surface area contributed by atoms with Crippen LogP contribution in [-0.4, -0.2) is 65.1 Å². The van der Waals surface area contributed by atoms with Gasteiger partial charge in [0.1, 0.15) is 12.1 Å². The predicted octanol–water partition coefficient (Wildman–Crippen LogP) is 1.77. The van der Waals surface area contributed by atoms with Gasteiger partial charge in [-0.25, -0.2) is 4.79 Å². The zero-order valence-electron chi connectivity index (χ0n) is 15.0. The Bertz CT molecular complexity index is 814. The van der Waals surface area contributed by atoms with Crippen LogP contribution in [0.2, 0.25) is 0 Å². The number of hydrogen-bond donors (Lipinski definition) is 1. The summed E-state index contributed by atoms with van der Waals surface area (Å²) in [6.07, 6.45) is 3.76. The number of aromatic nitrogens is 1. The Morgan fingerprint density at radius 3 is 2.81 bits per heavy atom. The van der Waals surface area contributed by atoms with Gasteiger partial charge in [0.25, 0.3) is 0 Å². The van der Waals surface area contributed by atoms with E-state index in [1.165, 1.54) is 0 Å². The zero-order valence-corrected chi connectivity index (χ0v) is 15.0. The SMILES string of the molecule is O=C(CNc1cccnc1)N1CCN2C(=O)OCC2(Cc2ccccc2)C1. The first kappa shape index (κ1) is 17.3. The van der Waals surface area contributed by atoms with E-state index in [0.717, 1.165) is 11.3 Å². The van der Waals surface area contributed by atoms with Gasteiger partial charge in [-0.1, -0.05) is 30.3 Å². The van der Waals surface area contributed by atoms with Crippen molar-refractivity contribution in [3.8, 4) is 0 Å². The van der Waals surface area contributed by atoms with Crippen LogP contribution in [0.5, 0.6) is 0 Å². The van der Waals surface area contributed by atoms with Crippen molar-refractivity contribution in [2.24, 2.45) is 0 Å². The Morgan fingerprint density at radius 1 is 1.19 bits per heavy atom. The van der Waals surface area contributed by atoms with E-state index in [9.17, 15) is 9.59 Å². The van der Waals surface area contributed by atoms with Crippen LogP contribution in [0.15, 0.2) is 54.9 Å². The lowest BCUT2D eigenvalue weighted by Crippen LogP contribution is -2.63. The molecule has 1 aromatic heterocycles. The summed E-state index contributed by atoms with van der Waals surface area (Å²) in [6, 6.07) is 13.7. The van der Waals surface area contributed by atoms with Crippen molar-refractivity contribution in [3.05, 3.63) is 60.4 Å². The number of pyridine rings is 1. The third-order valence-corrected chi connectivity index (χ3v) is 5.17. The molecule has 140 valence electrons. The van der Waals surface area contributed by atoms with E-state index in [-0.39, 0.29) is 18.5 Å². The summed E-state index contributed by atoms with van der Waals surface area (Å²) in [6.45, 7) is 1.98. The molecule has 0 spiro atoms. The molecule has 2 fully saturated rings. The van der Waals surface area contributed by atoms with E-state index < -0.39 is 5.54 Å². The highest BCUT2D eigenvalue weighted by atomic mass is 16.6. The van der Waals surface area contributed by atoms with Gasteiger partial charge >= 0.3 is 6.09 Å². The summed E-state index contributed by atoms with van der Waals surface area (Å²) in [5.41, 5.74) is 1.44. The van der Waals surface area contributed by atoms with Crippen LogP contribution in [0, 0.1) is 0 Å². The molecule has 2 aliphatic heterocycles. The largest absolute Gasteiger partial charge is 0.447 e. The summed E-state index contributed by atoms with van der Waals surface area (Å²) < 4.78 is 5.36. The van der Waals surface area contributed by atoms with Gasteiger partial charge in [-0.05, 0) is 17.7 Å². The van der Waals surface area contributed by atoms with Crippen LogP contribution in [0.4, 0.5) is 10.5 Å². The number of amides is 2. The number of carbonyl (C=O) groups excluding carboxylic acids is 2. The summed E-state index contributed by atoms with van der Waals surface area (Å²) >= 11 is 0. The Balaban J connectivity index is 1.46. The number of carbonyl (C=O) groups is 2. The smallest absolute Gasteiger partial charge is 0.410 e. The summed E-state index contributed by atoms with van der Waals surface area (Å²) in [4.78, 5) is 32.6. The third-order valence-electron chi connectivity index (χ3n) is 5.17. The quantitative estimate of drug-likeness (QED) is 0.873. The topological polar surface area (TPSA) is 74.8 Å². The van der Waals surface area contributed by atoms with Crippen LogP contribution >= 0.6 is 0 Å². The lowest BCUT2D eigenvalue weighted by atomic mass is 9.88. The van der Waals surface area contributed by atoms with Gasteiger partial charge in [0, 0.05) is 38.4 Å². The first-order valence-corrected chi connectivity index (χ1v) is 9.06. The molecule has 2 aliphatic rings. The molecule has 4 rings (SSSR count). The van der Waals surface area contributed by atoms with E-state index in [4.69, 9.17) is 4.74 Å². The van der Waals surface area contributed by atoms with Crippen molar-refractivity contribution in [1.29, 1.82) is 0 Å². The van der Waals surface area contributed by atoms with E-state index in [0.29, 0.717) is 32.7 Å². The lowest BCUT2D eigenvalue weighted by molar-refractivity contribution is -0.133. The van der Waals surface area contributed by atoms with Gasteiger partial charge in [-0.3, -0.25) is 14.7 Å². The number of nitrogens with zero attached hydrogens (tertiary/aromatic N) is 3. The Labute approximate surface area is 157 Å². The molecule has 27 heavy (non-hydrogen) atoms. The third kappa shape index (κ3) is 3.58. The molecule has 2 aromatic rings. The van der Waals surface area contributed by atoms with Gasteiger partial charge in [0.15, 0.2) is 0 Å². The average molecular weight is 366 g/mol. The number of rotatable bonds is 5. The maximum Gasteiger partial charge on any atom is 0.410 e. The fraction of sp³-hybridized carbons (Fsp3) is 0.350. The predicted molar refractivity (Wildman–Crippen MR) is 100 cm³/mol. The summed E-state index contributed by atoms with van der Waals surface area (Å²) in [5.74, 6) is 0.00490. The Hall–Kier alpha value is -3.09. The van der Waals surface area contributed by atoms with Crippen LogP contribution in [0.25, 0.3) is 0 Å². The second kappa shape index (κ2) is 7.26. The van der Waals surface area contributed by atoms with E-state index in [1.54, 1.807) is 17.3 Å². The molecule has 1 atom stereocenters. The first-order chi connectivity index (χ1) is 13.2. The minimum absolute atomic E-state index is 0.00490. The minimum atomic E-state index is -0.499. The van der Waals surface area contributed by atoms with E-state index >= 15 is 0 Å². The van der Waals surface area contributed by atoms with Crippen molar-refractivity contribution >= 4 is 17.7 Å². The van der Waals surface area contributed by atoms with Crippen molar-refractivity contribution in [1.82, 2.24) is 14.8 Å². The fourth-order valence-corrected chi connectivity index (χ4v) is 3.81. The van der Waals surface area contributed by atoms with Crippen LogP contribution in [0.1, 0.15) is 5.56 Å². The molecule has 0 saturated carbocycles. The molecule has 0 aliphatic carbocycles. The first-order valence-electron chi connectivity index (χ1n) is 9.06. The Kier molecular flexibility index (Phi) is 4.66. The molecule has 0 bridgehead atoms. The van der Waals surface area contributed by atoms with Gasteiger partial charge < -0.3 is 15.0 Å². The number of ether oxygens (including phenoxy) is 1. The molecule has 2 saturated heterocycles.